The zero-order valence-corrected chi connectivity index (χ0v) is 14.5. The van der Waals surface area contributed by atoms with Gasteiger partial charge in [0, 0.05) is 0 Å². The van der Waals surface area contributed by atoms with Crippen LogP contribution in [0.4, 0.5) is 0 Å². The molecule has 2 rings (SSSR count). The normalized spacial score (nSPS) is 32.0. The molecule has 1 aliphatic heterocycles. The van der Waals surface area contributed by atoms with Gasteiger partial charge in [-0.2, -0.15) is 0 Å². The van der Waals surface area contributed by atoms with E-state index in [9.17, 15) is 4.79 Å². The van der Waals surface area contributed by atoms with Crippen molar-refractivity contribution >= 4 is 6.29 Å². The van der Waals surface area contributed by atoms with Gasteiger partial charge in [0.1, 0.15) is 6.29 Å². The van der Waals surface area contributed by atoms with Gasteiger partial charge >= 0.3 is 0 Å². The lowest BCUT2D eigenvalue weighted by molar-refractivity contribution is -0.104. The summed E-state index contributed by atoms with van der Waals surface area (Å²) in [5.74, 6) is 0. The average Bonchev–Trinajstić information content (AvgIpc) is 2.78. The molecule has 2 unspecified atom stereocenters. The van der Waals surface area contributed by atoms with E-state index in [0.29, 0.717) is 0 Å². The summed E-state index contributed by atoms with van der Waals surface area (Å²) in [6.07, 6.45) is 14.4. The Balaban J connectivity index is 2.16. The number of aldehydes is 1. The molecule has 2 heteroatoms. The summed E-state index contributed by atoms with van der Waals surface area (Å²) in [6.45, 7) is 10.9. The fraction of sp³-hybridized carbons (Fsp3) is 0.550. The molecule has 0 saturated heterocycles. The van der Waals surface area contributed by atoms with E-state index in [4.69, 9.17) is 4.74 Å². The number of ether oxygens (including phenoxy) is 1. The molecular formula is C20H28O2. The van der Waals surface area contributed by atoms with Crippen molar-refractivity contribution in [2.24, 2.45) is 5.41 Å². The second kappa shape index (κ2) is 6.37. The third-order valence-corrected chi connectivity index (χ3v) is 4.96. The molecule has 0 spiro atoms. The second-order valence-electron chi connectivity index (χ2n) is 7.40. The summed E-state index contributed by atoms with van der Waals surface area (Å²) in [5, 5.41) is 0. The van der Waals surface area contributed by atoms with Crippen LogP contribution < -0.4 is 0 Å². The Labute approximate surface area is 134 Å². The highest BCUT2D eigenvalue weighted by molar-refractivity contribution is 5.66. The van der Waals surface area contributed by atoms with Gasteiger partial charge in [0.15, 0.2) is 0 Å². The Bertz CT molecular complexity index is 560. The number of carbonyl (C=O) groups excluding carboxylic acids is 1. The quantitative estimate of drug-likeness (QED) is 0.318. The molecule has 2 nitrogen and oxygen atoms in total. The largest absolute Gasteiger partial charge is 0.359 e. The lowest BCUT2D eigenvalue weighted by atomic mass is 9.67. The zero-order chi connectivity index (χ0) is 16.4. The molecule has 2 atom stereocenters. The van der Waals surface area contributed by atoms with Gasteiger partial charge in [-0.3, -0.25) is 4.79 Å². The van der Waals surface area contributed by atoms with Crippen molar-refractivity contribution in [3.05, 3.63) is 47.1 Å². The molecule has 1 fully saturated rings. The van der Waals surface area contributed by atoms with Gasteiger partial charge < -0.3 is 4.74 Å². The molecule has 0 radical (unpaired) electrons. The van der Waals surface area contributed by atoms with Crippen LogP contribution in [0, 0.1) is 5.41 Å². The molecule has 1 aliphatic carbocycles. The summed E-state index contributed by atoms with van der Waals surface area (Å²) in [6, 6.07) is 0. The number of allylic oxidation sites excluding steroid dienone is 5. The fourth-order valence-corrected chi connectivity index (χ4v) is 3.68. The predicted octanol–water partition coefficient (Wildman–Crippen LogP) is 4.93. The van der Waals surface area contributed by atoms with Crippen LogP contribution in [0.3, 0.4) is 0 Å². The van der Waals surface area contributed by atoms with Gasteiger partial charge in [0.25, 0.3) is 0 Å². The van der Waals surface area contributed by atoms with Crippen LogP contribution in [0.1, 0.15) is 53.9 Å². The summed E-state index contributed by atoms with van der Waals surface area (Å²) in [7, 11) is 0. The van der Waals surface area contributed by atoms with Crippen molar-refractivity contribution in [2.45, 2.75) is 65.6 Å². The number of rotatable bonds is 4. The molecule has 1 saturated carbocycles. The summed E-state index contributed by atoms with van der Waals surface area (Å²) < 4.78 is 6.39. The second-order valence-corrected chi connectivity index (χ2v) is 7.40. The fourth-order valence-electron chi connectivity index (χ4n) is 3.68. The molecule has 0 bridgehead atoms. The standard InChI is InChI=1S/C20H28O2/c1-15(10-13-21)8-6-9-16(2)17-14-18-19(3,4)11-7-12-20(18,5)22-17/h6,8-10,13-14,17H,7,11-12H2,1-5H3/b8-6+,15-10+,16-9+. The van der Waals surface area contributed by atoms with E-state index in [1.54, 1.807) is 6.08 Å². The highest BCUT2D eigenvalue weighted by atomic mass is 16.5. The summed E-state index contributed by atoms with van der Waals surface area (Å²) in [5.41, 5.74) is 3.75. The maximum absolute atomic E-state index is 10.4. The van der Waals surface area contributed by atoms with Crippen LogP contribution in [0.5, 0.6) is 0 Å². The molecule has 22 heavy (non-hydrogen) atoms. The van der Waals surface area contributed by atoms with Crippen molar-refractivity contribution in [2.75, 3.05) is 0 Å². The smallest absolute Gasteiger partial charge is 0.143 e. The van der Waals surface area contributed by atoms with Crippen LogP contribution in [0.15, 0.2) is 47.1 Å². The first kappa shape index (κ1) is 17.0. The predicted molar refractivity (Wildman–Crippen MR) is 91.7 cm³/mol. The first-order chi connectivity index (χ1) is 10.3. The van der Waals surface area contributed by atoms with Crippen molar-refractivity contribution in [3.63, 3.8) is 0 Å². The first-order valence-corrected chi connectivity index (χ1v) is 8.16. The third-order valence-electron chi connectivity index (χ3n) is 4.96. The van der Waals surface area contributed by atoms with Gasteiger partial charge in [-0.1, -0.05) is 32.1 Å². The van der Waals surface area contributed by atoms with Gasteiger partial charge in [0.05, 0.1) is 11.7 Å². The zero-order valence-electron chi connectivity index (χ0n) is 14.5. The Hall–Kier alpha value is -1.41. The molecule has 0 aromatic carbocycles. The van der Waals surface area contributed by atoms with Gasteiger partial charge in [-0.25, -0.2) is 0 Å². The van der Waals surface area contributed by atoms with Crippen molar-refractivity contribution < 1.29 is 9.53 Å². The third kappa shape index (κ3) is 3.49. The first-order valence-electron chi connectivity index (χ1n) is 8.16. The molecule has 0 aromatic heterocycles. The molecule has 1 heterocycles. The highest BCUT2D eigenvalue weighted by Crippen LogP contribution is 2.51. The Kier molecular flexibility index (Phi) is 4.91. The van der Waals surface area contributed by atoms with Crippen LogP contribution in [-0.2, 0) is 9.53 Å². The maximum atomic E-state index is 10.4. The lowest BCUT2D eigenvalue weighted by Crippen LogP contribution is -2.39. The van der Waals surface area contributed by atoms with Crippen LogP contribution >= 0.6 is 0 Å². The van der Waals surface area contributed by atoms with E-state index < -0.39 is 0 Å². The SMILES string of the molecule is CC(/C=C/C=C(\C)C1C=C2C(C)(C)CCCC2(C)O1)=C\C=O. The number of hydrogen-bond acceptors (Lipinski definition) is 2. The average molecular weight is 300 g/mol. The highest BCUT2D eigenvalue weighted by Gasteiger charge is 2.47. The van der Waals surface area contributed by atoms with Crippen LogP contribution in [-0.4, -0.2) is 18.0 Å². The minimum atomic E-state index is -0.0986. The van der Waals surface area contributed by atoms with E-state index in [2.05, 4.69) is 39.8 Å². The summed E-state index contributed by atoms with van der Waals surface area (Å²) in [4.78, 5) is 10.4. The van der Waals surface area contributed by atoms with Gasteiger partial charge in [-0.05, 0) is 74.3 Å². The van der Waals surface area contributed by atoms with E-state index >= 15 is 0 Å². The summed E-state index contributed by atoms with van der Waals surface area (Å²) >= 11 is 0. The number of carbonyl (C=O) groups is 1. The Morgan fingerprint density at radius 2 is 1.95 bits per heavy atom. The van der Waals surface area contributed by atoms with Gasteiger partial charge in [-0.15, -0.1) is 0 Å². The Morgan fingerprint density at radius 1 is 1.23 bits per heavy atom. The maximum Gasteiger partial charge on any atom is 0.143 e. The minimum Gasteiger partial charge on any atom is -0.359 e. The monoisotopic (exact) mass is 300 g/mol. The van der Waals surface area contributed by atoms with E-state index in [-0.39, 0.29) is 17.1 Å². The van der Waals surface area contributed by atoms with Crippen LogP contribution in [0.25, 0.3) is 0 Å². The van der Waals surface area contributed by atoms with E-state index in [1.807, 2.05) is 19.1 Å². The van der Waals surface area contributed by atoms with Crippen molar-refractivity contribution in [1.82, 2.24) is 0 Å². The Morgan fingerprint density at radius 3 is 2.59 bits per heavy atom. The van der Waals surface area contributed by atoms with Crippen molar-refractivity contribution in [3.8, 4) is 0 Å². The molecule has 0 aromatic rings. The molecule has 120 valence electrons. The number of hydrogen-bond donors (Lipinski definition) is 0. The molecular weight excluding hydrogens is 272 g/mol. The van der Waals surface area contributed by atoms with Crippen molar-refractivity contribution in [1.29, 1.82) is 0 Å². The minimum absolute atomic E-state index is 0.0670. The van der Waals surface area contributed by atoms with Crippen LogP contribution in [0.2, 0.25) is 0 Å². The van der Waals surface area contributed by atoms with E-state index in [0.717, 1.165) is 18.3 Å². The lowest BCUT2D eigenvalue weighted by Gasteiger charge is -2.42. The number of fused-ring (bicyclic) bond motifs is 1. The topological polar surface area (TPSA) is 26.3 Å². The molecule has 0 amide bonds. The molecule has 2 aliphatic rings. The van der Waals surface area contributed by atoms with E-state index in [1.165, 1.54) is 24.0 Å². The molecule has 0 N–H and O–H groups in total. The van der Waals surface area contributed by atoms with Gasteiger partial charge in [0.2, 0.25) is 0 Å².